The van der Waals surface area contributed by atoms with Gasteiger partial charge in [-0.05, 0) is 110 Å². The Kier molecular flexibility index (Phi) is 8.53. The molecule has 1 N–H and O–H groups in total. The SMILES string of the molecule is Cc1cc([C@H]2C3=CC[C@@H]4C(=O)N(c5ccc(N6CCOCC6)cc5)C(=O)[C@@H]4[C@@H]3C[C@H]3C(=O)N(c4cc(-c5sc6ccc(Cl)cc6c5C)nn4C)C(=O)[C@@]23C)ccc1O. The Bertz CT molecular complexity index is 2630. The van der Waals surface area contributed by atoms with Crippen LogP contribution in [0.5, 0.6) is 5.75 Å². The van der Waals surface area contributed by atoms with Crippen LogP contribution < -0.4 is 14.7 Å². The third-order valence-corrected chi connectivity index (χ3v) is 15.1. The largest absolute Gasteiger partial charge is 0.508 e. The zero-order chi connectivity index (χ0) is 40.4. The van der Waals surface area contributed by atoms with Gasteiger partial charge in [0.2, 0.25) is 23.6 Å². The summed E-state index contributed by atoms with van der Waals surface area (Å²) in [6.07, 6.45) is 2.63. The number of amides is 4. The van der Waals surface area contributed by atoms with Crippen LogP contribution in [0.4, 0.5) is 17.2 Å². The molecule has 0 bridgehead atoms. The quantitative estimate of drug-likeness (QED) is 0.143. The second-order valence-electron chi connectivity index (χ2n) is 16.5. The first kappa shape index (κ1) is 37.0. The third kappa shape index (κ3) is 5.30. The number of hydrogen-bond acceptors (Lipinski definition) is 9. The van der Waals surface area contributed by atoms with Crippen LogP contribution in [0, 0.1) is 42.9 Å². The van der Waals surface area contributed by atoms with Crippen LogP contribution in [0.1, 0.15) is 42.4 Å². The van der Waals surface area contributed by atoms with Gasteiger partial charge in [0.25, 0.3) is 0 Å². The molecule has 0 spiro atoms. The van der Waals surface area contributed by atoms with E-state index in [9.17, 15) is 19.5 Å². The van der Waals surface area contributed by atoms with Gasteiger partial charge in [0.15, 0.2) is 0 Å². The number of morpholine rings is 1. The molecular formula is C45H42ClN5O6S. The van der Waals surface area contributed by atoms with Gasteiger partial charge >= 0.3 is 0 Å². The zero-order valence-corrected chi connectivity index (χ0v) is 34.1. The smallest absolute Gasteiger partial charge is 0.242 e. The highest BCUT2D eigenvalue weighted by molar-refractivity contribution is 7.22. The lowest BCUT2D eigenvalue weighted by molar-refractivity contribution is -0.131. The lowest BCUT2D eigenvalue weighted by Crippen LogP contribution is -2.49. The maximum Gasteiger partial charge on any atom is 0.242 e. The number of phenolic OH excluding ortho intramolecular Hbond substituents is 1. The Labute approximate surface area is 344 Å². The van der Waals surface area contributed by atoms with Crippen LogP contribution in [-0.2, 0) is 31.0 Å². The summed E-state index contributed by atoms with van der Waals surface area (Å²) in [6, 6.07) is 20.4. The van der Waals surface area contributed by atoms with E-state index in [1.807, 2.05) is 68.4 Å². The molecule has 0 unspecified atom stereocenters. The zero-order valence-electron chi connectivity index (χ0n) is 32.6. The van der Waals surface area contributed by atoms with E-state index >= 15 is 4.79 Å². The molecular weight excluding hydrogens is 774 g/mol. The average molecular weight is 816 g/mol. The molecule has 4 amide bonds. The molecule has 3 aromatic carbocycles. The minimum absolute atomic E-state index is 0.124. The van der Waals surface area contributed by atoms with E-state index in [1.54, 1.807) is 42.1 Å². The minimum Gasteiger partial charge on any atom is -0.508 e. The van der Waals surface area contributed by atoms with Crippen LogP contribution in [0.3, 0.4) is 0 Å². The average Bonchev–Trinajstić information content (AvgIpc) is 3.89. The van der Waals surface area contributed by atoms with E-state index in [1.165, 1.54) is 9.80 Å². The molecule has 58 heavy (non-hydrogen) atoms. The first-order valence-electron chi connectivity index (χ1n) is 19.8. The fraction of sp³-hybridized carbons (Fsp3) is 0.356. The summed E-state index contributed by atoms with van der Waals surface area (Å²) < 4.78 is 8.15. The number of phenols is 1. The van der Waals surface area contributed by atoms with Gasteiger partial charge in [-0.25, -0.2) is 4.90 Å². The number of allylic oxidation sites excluding steroid dienone is 2. The van der Waals surface area contributed by atoms with Crippen molar-refractivity contribution in [1.29, 1.82) is 0 Å². The second-order valence-corrected chi connectivity index (χ2v) is 18.0. The molecule has 10 rings (SSSR count). The van der Waals surface area contributed by atoms with E-state index in [2.05, 4.69) is 11.0 Å². The van der Waals surface area contributed by atoms with Crippen molar-refractivity contribution in [2.24, 2.45) is 36.1 Å². The van der Waals surface area contributed by atoms with Crippen LogP contribution in [-0.4, -0.2) is 64.8 Å². The molecule has 3 aliphatic heterocycles. The van der Waals surface area contributed by atoms with E-state index in [-0.39, 0.29) is 35.8 Å². The number of carbonyl (C=O) groups excluding carboxylic acids is 4. The standard InChI is InChI=1S/C45H42ClN5O6S/c1-23-19-25(5-13-35(23)52)39-29-11-12-30-38(43(55)50(41(30)53)28-9-7-27(8-10-28)49-15-17-57-18-16-49)32(29)21-33-42(54)51(44(56)45(33,39)3)37-22-34(47-48(37)4)40-24(2)31-20-26(46)6-14-36(31)58-40/h5-11,13-14,19-20,22,30,32-33,38-39,52H,12,15-18,21H2,1-4H3/t30-,32+,33-,38-,39-,45+/m0/s1. The van der Waals surface area contributed by atoms with Gasteiger partial charge in [-0.15, -0.1) is 11.3 Å². The summed E-state index contributed by atoms with van der Waals surface area (Å²) in [5, 5.41) is 17.1. The molecule has 5 aliphatic rings. The maximum absolute atomic E-state index is 15.2. The topological polar surface area (TPSA) is 125 Å². The first-order chi connectivity index (χ1) is 27.9. The molecule has 2 aromatic heterocycles. The normalized spacial score (nSPS) is 27.0. The number of halogens is 1. The molecule has 3 saturated heterocycles. The van der Waals surface area contributed by atoms with Gasteiger partial charge in [0.05, 0.1) is 46.9 Å². The fourth-order valence-electron chi connectivity index (χ4n) is 10.6. The highest BCUT2D eigenvalue weighted by Gasteiger charge is 2.68. The molecule has 296 valence electrons. The predicted octanol–water partition coefficient (Wildman–Crippen LogP) is 7.55. The van der Waals surface area contributed by atoms with Crippen molar-refractivity contribution in [3.63, 3.8) is 0 Å². The summed E-state index contributed by atoms with van der Waals surface area (Å²) >= 11 is 7.92. The van der Waals surface area contributed by atoms with Gasteiger partial charge in [-0.1, -0.05) is 35.4 Å². The third-order valence-electron chi connectivity index (χ3n) is 13.5. The van der Waals surface area contributed by atoms with E-state index in [4.69, 9.17) is 21.4 Å². The molecule has 0 radical (unpaired) electrons. The Morgan fingerprint density at radius 1 is 0.879 bits per heavy atom. The Morgan fingerprint density at radius 2 is 1.62 bits per heavy atom. The van der Waals surface area contributed by atoms with E-state index in [0.29, 0.717) is 47.4 Å². The summed E-state index contributed by atoms with van der Waals surface area (Å²) in [5.41, 5.74) is 4.26. The Morgan fingerprint density at radius 3 is 2.36 bits per heavy atom. The molecule has 6 atom stereocenters. The lowest BCUT2D eigenvalue weighted by Gasteiger charge is -2.49. The van der Waals surface area contributed by atoms with Crippen molar-refractivity contribution in [2.45, 2.75) is 39.5 Å². The molecule has 5 heterocycles. The fourth-order valence-corrected chi connectivity index (χ4v) is 11.9. The summed E-state index contributed by atoms with van der Waals surface area (Å²) in [5.74, 6) is -3.86. The minimum atomic E-state index is -1.23. The van der Waals surface area contributed by atoms with E-state index < -0.39 is 35.0 Å². The van der Waals surface area contributed by atoms with Crippen molar-refractivity contribution in [3.05, 3.63) is 100 Å². The molecule has 5 aromatic rings. The first-order valence-corrected chi connectivity index (χ1v) is 21.0. The number of imide groups is 2. The van der Waals surface area contributed by atoms with Gasteiger partial charge < -0.3 is 14.7 Å². The number of fused-ring (bicyclic) bond motifs is 5. The molecule has 2 aliphatic carbocycles. The highest BCUT2D eigenvalue weighted by Crippen LogP contribution is 2.64. The van der Waals surface area contributed by atoms with E-state index in [0.717, 1.165) is 50.4 Å². The number of thiophene rings is 1. The highest BCUT2D eigenvalue weighted by atomic mass is 35.5. The van der Waals surface area contributed by atoms with Crippen LogP contribution in [0.25, 0.3) is 20.7 Å². The number of hydrogen-bond donors (Lipinski definition) is 1. The Balaban J connectivity index is 1.03. The van der Waals surface area contributed by atoms with Crippen molar-refractivity contribution < 1.29 is 29.0 Å². The number of aromatic nitrogens is 2. The molecule has 4 fully saturated rings. The van der Waals surface area contributed by atoms with Crippen LogP contribution >= 0.6 is 22.9 Å². The van der Waals surface area contributed by atoms with Crippen molar-refractivity contribution in [2.75, 3.05) is 41.0 Å². The number of ether oxygens (including phenoxy) is 1. The number of nitrogens with zero attached hydrogens (tertiary/aromatic N) is 5. The van der Waals surface area contributed by atoms with Crippen molar-refractivity contribution in [1.82, 2.24) is 9.78 Å². The predicted molar refractivity (Wildman–Crippen MR) is 223 cm³/mol. The number of aryl methyl sites for hydroxylation is 3. The number of carbonyl (C=O) groups is 4. The van der Waals surface area contributed by atoms with Gasteiger partial charge in [-0.3, -0.25) is 28.8 Å². The number of anilines is 3. The van der Waals surface area contributed by atoms with Crippen LogP contribution in [0.15, 0.2) is 78.4 Å². The molecule has 1 saturated carbocycles. The summed E-state index contributed by atoms with van der Waals surface area (Å²) in [6.45, 7) is 8.52. The number of benzene rings is 3. The summed E-state index contributed by atoms with van der Waals surface area (Å²) in [7, 11) is 1.74. The van der Waals surface area contributed by atoms with Crippen molar-refractivity contribution >= 4 is 73.8 Å². The second kappa shape index (κ2) is 13.4. The monoisotopic (exact) mass is 815 g/mol. The molecule has 11 nitrogen and oxygen atoms in total. The Hall–Kier alpha value is -5.30. The van der Waals surface area contributed by atoms with Crippen LogP contribution in [0.2, 0.25) is 5.02 Å². The van der Waals surface area contributed by atoms with Gasteiger partial charge in [0.1, 0.15) is 17.3 Å². The van der Waals surface area contributed by atoms with Gasteiger partial charge in [0, 0.05) is 47.5 Å². The number of aromatic hydroxyl groups is 1. The van der Waals surface area contributed by atoms with Gasteiger partial charge in [-0.2, -0.15) is 5.10 Å². The number of rotatable bonds is 5. The van der Waals surface area contributed by atoms with Crippen molar-refractivity contribution in [3.8, 4) is 16.3 Å². The summed E-state index contributed by atoms with van der Waals surface area (Å²) in [4.78, 5) is 64.8. The lowest BCUT2D eigenvalue weighted by atomic mass is 9.51. The molecule has 13 heteroatoms. The maximum atomic E-state index is 15.2.